The zero-order chi connectivity index (χ0) is 17.8. The van der Waals surface area contributed by atoms with Crippen LogP contribution in [-0.4, -0.2) is 24.7 Å². The quantitative estimate of drug-likeness (QED) is 0.661. The van der Waals surface area contributed by atoms with Crippen LogP contribution < -0.4 is 10.1 Å². The predicted octanol–water partition coefficient (Wildman–Crippen LogP) is 4.20. The van der Waals surface area contributed by atoms with Gasteiger partial charge in [0.15, 0.2) is 6.04 Å². The lowest BCUT2D eigenvalue weighted by molar-refractivity contribution is -0.144. The molecule has 0 bridgehead atoms. The first-order chi connectivity index (χ1) is 12.1. The van der Waals surface area contributed by atoms with Crippen molar-refractivity contribution in [3.8, 4) is 5.75 Å². The van der Waals surface area contributed by atoms with E-state index in [9.17, 15) is 4.79 Å². The molecule has 1 atom stereocenters. The molecule has 25 heavy (non-hydrogen) atoms. The van der Waals surface area contributed by atoms with E-state index >= 15 is 0 Å². The minimum Gasteiger partial charge on any atom is -0.497 e. The van der Waals surface area contributed by atoms with Crippen molar-refractivity contribution in [3.63, 3.8) is 0 Å². The molecule has 2 aromatic carbocycles. The van der Waals surface area contributed by atoms with Gasteiger partial charge in [0.05, 0.1) is 13.7 Å². The average molecular weight is 338 g/mol. The van der Waals surface area contributed by atoms with Crippen molar-refractivity contribution < 1.29 is 14.3 Å². The Morgan fingerprint density at radius 1 is 1.20 bits per heavy atom. The second-order valence-corrected chi connectivity index (χ2v) is 5.85. The molecule has 2 N–H and O–H groups in total. The van der Waals surface area contributed by atoms with Crippen LogP contribution in [0.1, 0.15) is 24.1 Å². The van der Waals surface area contributed by atoms with Gasteiger partial charge in [-0.3, -0.25) is 0 Å². The van der Waals surface area contributed by atoms with Crippen molar-refractivity contribution in [1.82, 2.24) is 4.98 Å². The Labute approximate surface area is 147 Å². The van der Waals surface area contributed by atoms with Gasteiger partial charge in [0.1, 0.15) is 5.75 Å². The number of fused-ring (bicyclic) bond motifs is 1. The van der Waals surface area contributed by atoms with Gasteiger partial charge in [0.2, 0.25) is 0 Å². The number of aromatic nitrogens is 1. The summed E-state index contributed by atoms with van der Waals surface area (Å²) < 4.78 is 10.5. The van der Waals surface area contributed by atoms with E-state index in [1.807, 2.05) is 56.4 Å². The number of hydrogen-bond acceptors (Lipinski definition) is 4. The fourth-order valence-corrected chi connectivity index (χ4v) is 2.84. The van der Waals surface area contributed by atoms with Crippen LogP contribution in [-0.2, 0) is 9.53 Å². The highest BCUT2D eigenvalue weighted by atomic mass is 16.5. The molecule has 0 saturated heterocycles. The van der Waals surface area contributed by atoms with Gasteiger partial charge in [-0.15, -0.1) is 0 Å². The van der Waals surface area contributed by atoms with Crippen LogP contribution in [0.25, 0.3) is 10.9 Å². The number of rotatable bonds is 6. The van der Waals surface area contributed by atoms with Gasteiger partial charge in [-0.2, -0.15) is 0 Å². The van der Waals surface area contributed by atoms with E-state index in [0.717, 1.165) is 33.5 Å². The molecule has 130 valence electrons. The zero-order valence-electron chi connectivity index (χ0n) is 14.6. The fourth-order valence-electron chi connectivity index (χ4n) is 2.84. The number of esters is 1. The smallest absolute Gasteiger partial charge is 0.333 e. The fraction of sp³-hybridized carbons (Fsp3) is 0.250. The lowest BCUT2D eigenvalue weighted by atomic mass is 10.0. The monoisotopic (exact) mass is 338 g/mol. The largest absolute Gasteiger partial charge is 0.497 e. The van der Waals surface area contributed by atoms with Gasteiger partial charge in [-0.05, 0) is 50.2 Å². The molecule has 5 nitrogen and oxygen atoms in total. The Bertz CT molecular complexity index is 868. The molecule has 0 radical (unpaired) electrons. The molecular weight excluding hydrogens is 316 g/mol. The van der Waals surface area contributed by atoms with E-state index in [1.165, 1.54) is 0 Å². The molecule has 1 aromatic heterocycles. The Kier molecular flexibility index (Phi) is 4.93. The minimum absolute atomic E-state index is 0.305. The van der Waals surface area contributed by atoms with Gasteiger partial charge < -0.3 is 19.8 Å². The van der Waals surface area contributed by atoms with Crippen molar-refractivity contribution in [2.75, 3.05) is 19.0 Å². The molecule has 1 heterocycles. The number of carbonyl (C=O) groups is 1. The first-order valence-electron chi connectivity index (χ1n) is 8.27. The molecule has 0 spiro atoms. The molecule has 1 unspecified atom stereocenters. The SMILES string of the molecule is CCOC(=O)C(Nc1ccc(OC)cc1)c1c[nH]c2ccc(C)cc12. The maximum Gasteiger partial charge on any atom is 0.333 e. The van der Waals surface area contributed by atoms with Gasteiger partial charge >= 0.3 is 5.97 Å². The zero-order valence-corrected chi connectivity index (χ0v) is 14.6. The van der Waals surface area contributed by atoms with Crippen LogP contribution >= 0.6 is 0 Å². The normalized spacial score (nSPS) is 12.0. The van der Waals surface area contributed by atoms with Crippen LogP contribution in [0.2, 0.25) is 0 Å². The summed E-state index contributed by atoms with van der Waals surface area (Å²) >= 11 is 0. The summed E-state index contributed by atoms with van der Waals surface area (Å²) in [4.78, 5) is 15.8. The molecule has 3 rings (SSSR count). The number of aryl methyl sites for hydroxylation is 1. The minimum atomic E-state index is -0.594. The lowest BCUT2D eigenvalue weighted by Gasteiger charge is -2.18. The number of anilines is 1. The summed E-state index contributed by atoms with van der Waals surface area (Å²) in [5.74, 6) is 0.460. The van der Waals surface area contributed by atoms with Crippen molar-refractivity contribution >= 4 is 22.6 Å². The van der Waals surface area contributed by atoms with Crippen LogP contribution in [0.4, 0.5) is 5.69 Å². The molecular formula is C20H22N2O3. The van der Waals surface area contributed by atoms with Gasteiger partial charge in [0.25, 0.3) is 0 Å². The summed E-state index contributed by atoms with van der Waals surface area (Å²) in [6.45, 7) is 4.18. The van der Waals surface area contributed by atoms with Gasteiger partial charge in [-0.25, -0.2) is 4.79 Å². The summed E-state index contributed by atoms with van der Waals surface area (Å²) in [7, 11) is 1.62. The number of aromatic amines is 1. The van der Waals surface area contributed by atoms with Gasteiger partial charge in [-0.1, -0.05) is 11.6 Å². The van der Waals surface area contributed by atoms with Gasteiger partial charge in [0, 0.05) is 28.4 Å². The lowest BCUT2D eigenvalue weighted by Crippen LogP contribution is -2.23. The summed E-state index contributed by atoms with van der Waals surface area (Å²) in [6.07, 6.45) is 1.86. The Morgan fingerprint density at radius 3 is 2.64 bits per heavy atom. The number of hydrogen-bond donors (Lipinski definition) is 2. The molecule has 0 amide bonds. The molecule has 5 heteroatoms. The van der Waals surface area contributed by atoms with Crippen LogP contribution in [0, 0.1) is 6.92 Å². The number of carbonyl (C=O) groups excluding carboxylic acids is 1. The highest BCUT2D eigenvalue weighted by molar-refractivity contribution is 5.91. The molecule has 0 aliphatic carbocycles. The van der Waals surface area contributed by atoms with Crippen molar-refractivity contribution in [1.29, 1.82) is 0 Å². The molecule has 3 aromatic rings. The van der Waals surface area contributed by atoms with E-state index in [0.29, 0.717) is 6.61 Å². The topological polar surface area (TPSA) is 63.4 Å². The summed E-state index contributed by atoms with van der Waals surface area (Å²) in [5.41, 5.74) is 3.82. The van der Waals surface area contributed by atoms with E-state index in [-0.39, 0.29) is 5.97 Å². The third-order valence-electron chi connectivity index (χ3n) is 4.10. The van der Waals surface area contributed by atoms with Crippen LogP contribution in [0.3, 0.4) is 0 Å². The Hall–Kier alpha value is -2.95. The number of H-pyrrole nitrogens is 1. The van der Waals surface area contributed by atoms with Crippen LogP contribution in [0.5, 0.6) is 5.75 Å². The summed E-state index contributed by atoms with van der Waals surface area (Å²) in [6, 6.07) is 13.0. The number of ether oxygens (including phenoxy) is 2. The predicted molar refractivity (Wildman–Crippen MR) is 99.0 cm³/mol. The maximum absolute atomic E-state index is 12.6. The highest BCUT2D eigenvalue weighted by Crippen LogP contribution is 2.29. The number of methoxy groups -OCH3 is 1. The van der Waals surface area contributed by atoms with Crippen molar-refractivity contribution in [2.45, 2.75) is 19.9 Å². The highest BCUT2D eigenvalue weighted by Gasteiger charge is 2.25. The first kappa shape index (κ1) is 16.9. The first-order valence-corrected chi connectivity index (χ1v) is 8.27. The maximum atomic E-state index is 12.6. The molecule has 0 aliphatic rings. The Balaban J connectivity index is 1.98. The molecule has 0 saturated carbocycles. The average Bonchev–Trinajstić information content (AvgIpc) is 3.03. The van der Waals surface area contributed by atoms with Crippen molar-refractivity contribution in [3.05, 3.63) is 59.8 Å². The second kappa shape index (κ2) is 7.30. The third kappa shape index (κ3) is 3.60. The van der Waals surface area contributed by atoms with Crippen molar-refractivity contribution in [2.24, 2.45) is 0 Å². The van der Waals surface area contributed by atoms with E-state index in [4.69, 9.17) is 9.47 Å². The van der Waals surface area contributed by atoms with E-state index in [1.54, 1.807) is 7.11 Å². The van der Waals surface area contributed by atoms with E-state index < -0.39 is 6.04 Å². The number of nitrogens with one attached hydrogen (secondary N) is 2. The second-order valence-electron chi connectivity index (χ2n) is 5.85. The molecule has 0 aliphatic heterocycles. The standard InChI is InChI=1S/C20H22N2O3/c1-4-25-20(23)19(22-14-6-8-15(24-3)9-7-14)17-12-21-18-10-5-13(2)11-16(17)18/h5-12,19,21-22H,4H2,1-3H3. The number of benzene rings is 2. The molecule has 0 fully saturated rings. The van der Waals surface area contributed by atoms with E-state index in [2.05, 4.69) is 16.4 Å². The third-order valence-corrected chi connectivity index (χ3v) is 4.10. The van der Waals surface area contributed by atoms with Crippen LogP contribution in [0.15, 0.2) is 48.7 Å². The summed E-state index contributed by atoms with van der Waals surface area (Å²) in [5, 5.41) is 4.29. The Morgan fingerprint density at radius 2 is 1.96 bits per heavy atom.